The molecule has 0 unspecified atom stereocenters. The number of nitrogens with zero attached hydrogens (tertiary/aromatic N) is 3. The van der Waals surface area contributed by atoms with Crippen LogP contribution in [0.25, 0.3) is 0 Å². The van der Waals surface area contributed by atoms with Crippen LogP contribution < -0.4 is 5.73 Å². The molecule has 0 saturated carbocycles. The largest absolute Gasteiger partial charge is 0.375 e. The van der Waals surface area contributed by atoms with Gasteiger partial charge in [-0.25, -0.2) is 4.98 Å². The third kappa shape index (κ3) is 1.87. The van der Waals surface area contributed by atoms with Crippen LogP contribution in [-0.4, -0.2) is 14.8 Å². The number of thiazole rings is 1. The lowest BCUT2D eigenvalue weighted by atomic mass is 10.2. The molecule has 0 aliphatic rings. The van der Waals surface area contributed by atoms with Crippen molar-refractivity contribution in [1.29, 1.82) is 0 Å². The van der Waals surface area contributed by atoms with Gasteiger partial charge in [-0.05, 0) is 26.3 Å². The zero-order chi connectivity index (χ0) is 11.0. The monoisotopic (exact) mass is 222 g/mol. The molecule has 0 atom stereocenters. The summed E-state index contributed by atoms with van der Waals surface area (Å²) in [5.74, 6) is 0. The first-order valence-corrected chi connectivity index (χ1v) is 5.60. The van der Waals surface area contributed by atoms with Gasteiger partial charge in [0, 0.05) is 16.8 Å². The highest BCUT2D eigenvalue weighted by Gasteiger charge is 2.08. The maximum Gasteiger partial charge on any atom is 0.180 e. The molecule has 4 nitrogen and oxygen atoms in total. The molecule has 0 aliphatic carbocycles. The second-order valence-electron chi connectivity index (χ2n) is 3.62. The molecule has 2 rings (SSSR count). The molecule has 2 N–H and O–H groups in total. The van der Waals surface area contributed by atoms with E-state index < -0.39 is 0 Å². The Bertz CT molecular complexity index is 484. The minimum absolute atomic E-state index is 0.614. The van der Waals surface area contributed by atoms with Gasteiger partial charge in [0.15, 0.2) is 5.13 Å². The van der Waals surface area contributed by atoms with E-state index in [0.29, 0.717) is 5.13 Å². The molecule has 15 heavy (non-hydrogen) atoms. The van der Waals surface area contributed by atoms with Crippen molar-refractivity contribution in [3.05, 3.63) is 28.0 Å². The van der Waals surface area contributed by atoms with Gasteiger partial charge in [-0.3, -0.25) is 4.68 Å². The summed E-state index contributed by atoms with van der Waals surface area (Å²) in [6, 6.07) is 0. The minimum atomic E-state index is 0.614. The van der Waals surface area contributed by atoms with Gasteiger partial charge in [-0.1, -0.05) is 0 Å². The van der Waals surface area contributed by atoms with Crippen molar-refractivity contribution in [2.24, 2.45) is 0 Å². The van der Waals surface area contributed by atoms with Gasteiger partial charge in [0.25, 0.3) is 0 Å². The van der Waals surface area contributed by atoms with Crippen LogP contribution in [0.1, 0.15) is 21.8 Å². The summed E-state index contributed by atoms with van der Waals surface area (Å²) in [6.45, 7) is 6.96. The molecule has 0 radical (unpaired) electrons. The van der Waals surface area contributed by atoms with Gasteiger partial charge in [0.1, 0.15) is 0 Å². The maximum atomic E-state index is 5.58. The van der Waals surface area contributed by atoms with E-state index >= 15 is 0 Å². The Balaban J connectivity index is 2.28. The van der Waals surface area contributed by atoms with Crippen LogP contribution in [0, 0.1) is 20.8 Å². The quantitative estimate of drug-likeness (QED) is 0.844. The van der Waals surface area contributed by atoms with E-state index in [1.54, 1.807) is 0 Å². The summed E-state index contributed by atoms with van der Waals surface area (Å²) < 4.78 is 2.00. The highest BCUT2D eigenvalue weighted by Crippen LogP contribution is 2.18. The summed E-state index contributed by atoms with van der Waals surface area (Å²) >= 11 is 1.51. The molecule has 0 amide bonds. The average molecular weight is 222 g/mol. The van der Waals surface area contributed by atoms with Gasteiger partial charge in [0.2, 0.25) is 0 Å². The van der Waals surface area contributed by atoms with E-state index in [1.807, 2.05) is 17.8 Å². The number of hydrogen-bond acceptors (Lipinski definition) is 4. The van der Waals surface area contributed by atoms with Crippen molar-refractivity contribution in [3.63, 3.8) is 0 Å². The highest BCUT2D eigenvalue weighted by molar-refractivity contribution is 7.15. The van der Waals surface area contributed by atoms with Crippen LogP contribution in [0.2, 0.25) is 0 Å². The van der Waals surface area contributed by atoms with E-state index in [0.717, 1.165) is 17.1 Å². The first kappa shape index (κ1) is 10.2. The van der Waals surface area contributed by atoms with Gasteiger partial charge in [-0.2, -0.15) is 5.10 Å². The molecule has 2 heterocycles. The fraction of sp³-hybridized carbons (Fsp3) is 0.400. The molecule has 5 heteroatoms. The summed E-state index contributed by atoms with van der Waals surface area (Å²) in [7, 11) is 0. The minimum Gasteiger partial charge on any atom is -0.375 e. The summed E-state index contributed by atoms with van der Waals surface area (Å²) in [6.07, 6.45) is 1.81. The van der Waals surface area contributed by atoms with Crippen LogP contribution >= 0.6 is 11.3 Å². The predicted octanol–water partition coefficient (Wildman–Crippen LogP) is 1.90. The molecular formula is C10H14N4S. The predicted molar refractivity (Wildman–Crippen MR) is 62.1 cm³/mol. The topological polar surface area (TPSA) is 56.7 Å². The summed E-state index contributed by atoms with van der Waals surface area (Å²) in [5.41, 5.74) is 9.14. The SMILES string of the molecule is Cc1nn(Cc2cnc(N)s2)c(C)c1C. The van der Waals surface area contributed by atoms with E-state index in [9.17, 15) is 0 Å². The number of nitrogens with two attached hydrogens (primary N) is 1. The van der Waals surface area contributed by atoms with Crippen molar-refractivity contribution >= 4 is 16.5 Å². The van der Waals surface area contributed by atoms with Crippen molar-refractivity contribution in [3.8, 4) is 0 Å². The third-order valence-corrected chi connectivity index (χ3v) is 3.43. The number of anilines is 1. The molecule has 2 aromatic rings. The standard InChI is InChI=1S/C10H14N4S/c1-6-7(2)13-14(8(6)3)5-9-4-12-10(11)15-9/h4H,5H2,1-3H3,(H2,11,12). The highest BCUT2D eigenvalue weighted by atomic mass is 32.1. The van der Waals surface area contributed by atoms with E-state index in [1.165, 1.54) is 22.6 Å². The second-order valence-corrected chi connectivity index (χ2v) is 4.77. The lowest BCUT2D eigenvalue weighted by molar-refractivity contribution is 0.664. The molecule has 0 saturated heterocycles. The molecule has 0 aromatic carbocycles. The van der Waals surface area contributed by atoms with Gasteiger partial charge in [0.05, 0.1) is 12.2 Å². The zero-order valence-electron chi connectivity index (χ0n) is 9.11. The Morgan fingerprint density at radius 1 is 1.40 bits per heavy atom. The van der Waals surface area contributed by atoms with E-state index in [-0.39, 0.29) is 0 Å². The maximum absolute atomic E-state index is 5.58. The molecule has 0 spiro atoms. The number of aromatic nitrogens is 3. The molecule has 2 aromatic heterocycles. The van der Waals surface area contributed by atoms with E-state index in [2.05, 4.69) is 23.9 Å². The third-order valence-electron chi connectivity index (χ3n) is 2.62. The number of nitrogen functional groups attached to an aromatic ring is 1. The van der Waals surface area contributed by atoms with Gasteiger partial charge < -0.3 is 5.73 Å². The number of rotatable bonds is 2. The number of hydrogen-bond donors (Lipinski definition) is 1. The van der Waals surface area contributed by atoms with Crippen LogP contribution in [0.15, 0.2) is 6.20 Å². The van der Waals surface area contributed by atoms with Crippen molar-refractivity contribution in [2.45, 2.75) is 27.3 Å². The average Bonchev–Trinajstić information content (AvgIpc) is 2.68. The van der Waals surface area contributed by atoms with Crippen LogP contribution in [0.3, 0.4) is 0 Å². The molecule has 0 bridgehead atoms. The van der Waals surface area contributed by atoms with Gasteiger partial charge >= 0.3 is 0 Å². The fourth-order valence-corrected chi connectivity index (χ4v) is 2.15. The Labute approximate surface area is 92.8 Å². The lowest BCUT2D eigenvalue weighted by Crippen LogP contribution is -2.02. The normalized spacial score (nSPS) is 10.9. The Hall–Kier alpha value is -1.36. The number of aryl methyl sites for hydroxylation is 1. The van der Waals surface area contributed by atoms with Crippen LogP contribution in [0.4, 0.5) is 5.13 Å². The summed E-state index contributed by atoms with van der Waals surface area (Å²) in [5, 5.41) is 5.08. The Morgan fingerprint density at radius 2 is 2.13 bits per heavy atom. The zero-order valence-corrected chi connectivity index (χ0v) is 9.93. The van der Waals surface area contributed by atoms with Gasteiger partial charge in [-0.15, -0.1) is 11.3 Å². The fourth-order valence-electron chi connectivity index (χ4n) is 1.48. The van der Waals surface area contributed by atoms with Crippen molar-refractivity contribution < 1.29 is 0 Å². The Morgan fingerprint density at radius 3 is 2.60 bits per heavy atom. The van der Waals surface area contributed by atoms with Crippen molar-refractivity contribution in [2.75, 3.05) is 5.73 Å². The molecular weight excluding hydrogens is 208 g/mol. The second kappa shape index (κ2) is 3.66. The van der Waals surface area contributed by atoms with Crippen LogP contribution in [0.5, 0.6) is 0 Å². The molecule has 0 aliphatic heterocycles. The van der Waals surface area contributed by atoms with Crippen molar-refractivity contribution in [1.82, 2.24) is 14.8 Å². The summed E-state index contributed by atoms with van der Waals surface area (Å²) in [4.78, 5) is 5.16. The molecule has 0 fully saturated rings. The first-order valence-electron chi connectivity index (χ1n) is 4.78. The lowest BCUT2D eigenvalue weighted by Gasteiger charge is -2.01. The van der Waals surface area contributed by atoms with Crippen LogP contribution in [-0.2, 0) is 6.54 Å². The molecule has 80 valence electrons. The first-order chi connectivity index (χ1) is 7.08. The smallest absolute Gasteiger partial charge is 0.180 e. The Kier molecular flexibility index (Phi) is 2.48. The van der Waals surface area contributed by atoms with E-state index in [4.69, 9.17) is 5.73 Å².